The van der Waals surface area contributed by atoms with Gasteiger partial charge in [0.25, 0.3) is 0 Å². The third-order valence-corrected chi connectivity index (χ3v) is 4.65. The molecule has 18 heavy (non-hydrogen) atoms. The lowest BCUT2D eigenvalue weighted by molar-refractivity contribution is 0.156. The molecule has 3 rings (SSSR count). The van der Waals surface area contributed by atoms with Crippen molar-refractivity contribution in [2.24, 2.45) is 17.6 Å². The normalized spacial score (nSPS) is 26.2. The van der Waals surface area contributed by atoms with Crippen LogP contribution in [0.3, 0.4) is 0 Å². The summed E-state index contributed by atoms with van der Waals surface area (Å²) in [5, 5.41) is 0. The molecule has 0 bridgehead atoms. The number of fused-ring (bicyclic) bond motifs is 1. The van der Waals surface area contributed by atoms with Crippen LogP contribution in [0.2, 0.25) is 0 Å². The number of rotatable bonds is 2. The van der Waals surface area contributed by atoms with E-state index in [-0.39, 0.29) is 0 Å². The molecular weight excluding hydrogens is 222 g/mol. The van der Waals surface area contributed by atoms with Crippen molar-refractivity contribution in [2.75, 3.05) is 6.61 Å². The SMILES string of the molecule is NC(C1CCCCC1)C1COc2ccccc2C1. The molecule has 1 aromatic carbocycles. The van der Waals surface area contributed by atoms with Crippen molar-refractivity contribution in [3.05, 3.63) is 29.8 Å². The van der Waals surface area contributed by atoms with Crippen molar-refractivity contribution in [1.82, 2.24) is 0 Å². The van der Waals surface area contributed by atoms with Crippen LogP contribution < -0.4 is 10.5 Å². The van der Waals surface area contributed by atoms with Crippen LogP contribution in [-0.2, 0) is 6.42 Å². The Labute approximate surface area is 110 Å². The fraction of sp³-hybridized carbons (Fsp3) is 0.625. The van der Waals surface area contributed by atoms with Crippen molar-refractivity contribution in [1.29, 1.82) is 0 Å². The Morgan fingerprint density at radius 2 is 1.83 bits per heavy atom. The molecule has 1 saturated carbocycles. The van der Waals surface area contributed by atoms with Gasteiger partial charge in [-0.15, -0.1) is 0 Å². The van der Waals surface area contributed by atoms with Crippen molar-refractivity contribution in [3.63, 3.8) is 0 Å². The van der Waals surface area contributed by atoms with Crippen molar-refractivity contribution in [2.45, 2.75) is 44.6 Å². The summed E-state index contributed by atoms with van der Waals surface area (Å²) in [6.45, 7) is 0.800. The lowest BCUT2D eigenvalue weighted by atomic mass is 9.77. The highest BCUT2D eigenvalue weighted by molar-refractivity contribution is 5.35. The topological polar surface area (TPSA) is 35.2 Å². The molecule has 1 fully saturated rings. The monoisotopic (exact) mass is 245 g/mol. The lowest BCUT2D eigenvalue weighted by Gasteiger charge is -2.35. The van der Waals surface area contributed by atoms with E-state index in [1.165, 1.54) is 37.7 Å². The summed E-state index contributed by atoms with van der Waals surface area (Å²) in [7, 11) is 0. The van der Waals surface area contributed by atoms with E-state index in [1.54, 1.807) is 0 Å². The summed E-state index contributed by atoms with van der Waals surface area (Å²) in [6, 6.07) is 8.70. The van der Waals surface area contributed by atoms with Crippen LogP contribution in [-0.4, -0.2) is 12.6 Å². The molecule has 2 heteroatoms. The molecule has 1 aromatic rings. The molecule has 1 aliphatic carbocycles. The van der Waals surface area contributed by atoms with Crippen LogP contribution in [0.4, 0.5) is 0 Å². The second-order valence-electron chi connectivity index (χ2n) is 5.86. The summed E-state index contributed by atoms with van der Waals surface area (Å²) in [5.41, 5.74) is 7.83. The van der Waals surface area contributed by atoms with Crippen LogP contribution in [0.5, 0.6) is 5.75 Å². The van der Waals surface area contributed by atoms with Gasteiger partial charge in [0.1, 0.15) is 5.75 Å². The van der Waals surface area contributed by atoms with E-state index in [2.05, 4.69) is 18.2 Å². The van der Waals surface area contributed by atoms with Gasteiger partial charge in [0.05, 0.1) is 6.61 Å². The fourth-order valence-corrected chi connectivity index (χ4v) is 3.50. The van der Waals surface area contributed by atoms with E-state index in [9.17, 15) is 0 Å². The van der Waals surface area contributed by atoms with Gasteiger partial charge in [-0.1, -0.05) is 37.5 Å². The maximum atomic E-state index is 6.50. The number of hydrogen-bond donors (Lipinski definition) is 1. The van der Waals surface area contributed by atoms with Crippen molar-refractivity contribution >= 4 is 0 Å². The minimum absolute atomic E-state index is 0.318. The highest BCUT2D eigenvalue weighted by Gasteiger charge is 2.30. The first kappa shape index (κ1) is 12.0. The van der Waals surface area contributed by atoms with Crippen LogP contribution in [0.15, 0.2) is 24.3 Å². The first-order valence-electron chi connectivity index (χ1n) is 7.31. The second-order valence-corrected chi connectivity index (χ2v) is 5.86. The maximum Gasteiger partial charge on any atom is 0.122 e. The summed E-state index contributed by atoms with van der Waals surface area (Å²) in [4.78, 5) is 0. The molecular formula is C16H23NO. The molecule has 2 unspecified atom stereocenters. The Bertz CT molecular complexity index is 398. The highest BCUT2D eigenvalue weighted by Crippen LogP contribution is 2.33. The van der Waals surface area contributed by atoms with Gasteiger partial charge >= 0.3 is 0 Å². The lowest BCUT2D eigenvalue weighted by Crippen LogP contribution is -2.43. The van der Waals surface area contributed by atoms with Gasteiger partial charge in [-0.3, -0.25) is 0 Å². The van der Waals surface area contributed by atoms with Crippen molar-refractivity contribution in [3.8, 4) is 5.75 Å². The third-order valence-electron chi connectivity index (χ3n) is 4.65. The van der Waals surface area contributed by atoms with Gasteiger partial charge in [0.2, 0.25) is 0 Å². The van der Waals surface area contributed by atoms with E-state index in [0.29, 0.717) is 12.0 Å². The molecule has 0 spiro atoms. The molecule has 2 atom stereocenters. The Kier molecular flexibility index (Phi) is 3.55. The first-order chi connectivity index (χ1) is 8.84. The molecule has 2 nitrogen and oxygen atoms in total. The molecule has 0 saturated heterocycles. The van der Waals surface area contributed by atoms with Gasteiger partial charge in [-0.05, 0) is 36.8 Å². The quantitative estimate of drug-likeness (QED) is 0.868. The van der Waals surface area contributed by atoms with Gasteiger partial charge < -0.3 is 10.5 Å². The van der Waals surface area contributed by atoms with Gasteiger partial charge in [-0.2, -0.15) is 0 Å². The molecule has 98 valence electrons. The highest BCUT2D eigenvalue weighted by atomic mass is 16.5. The van der Waals surface area contributed by atoms with Crippen LogP contribution in [0, 0.1) is 11.8 Å². The van der Waals surface area contributed by atoms with Crippen LogP contribution in [0.1, 0.15) is 37.7 Å². The predicted octanol–water partition coefficient (Wildman–Crippen LogP) is 3.15. The Balaban J connectivity index is 1.67. The van der Waals surface area contributed by atoms with Crippen molar-refractivity contribution < 1.29 is 4.74 Å². The van der Waals surface area contributed by atoms with Gasteiger partial charge in [-0.25, -0.2) is 0 Å². The average Bonchev–Trinajstić information content (AvgIpc) is 2.47. The van der Waals surface area contributed by atoms with E-state index >= 15 is 0 Å². The summed E-state index contributed by atoms with van der Waals surface area (Å²) in [6.07, 6.45) is 7.85. The molecule has 1 heterocycles. The molecule has 0 amide bonds. The molecule has 0 radical (unpaired) electrons. The summed E-state index contributed by atoms with van der Waals surface area (Å²) < 4.78 is 5.87. The smallest absolute Gasteiger partial charge is 0.122 e. The zero-order chi connectivity index (χ0) is 12.4. The largest absolute Gasteiger partial charge is 0.493 e. The Morgan fingerprint density at radius 1 is 1.06 bits per heavy atom. The zero-order valence-corrected chi connectivity index (χ0v) is 11.0. The van der Waals surface area contributed by atoms with E-state index in [1.807, 2.05) is 6.07 Å². The zero-order valence-electron chi connectivity index (χ0n) is 11.0. The van der Waals surface area contributed by atoms with E-state index < -0.39 is 0 Å². The maximum absolute atomic E-state index is 6.50. The van der Waals surface area contributed by atoms with Crippen LogP contribution in [0.25, 0.3) is 0 Å². The minimum Gasteiger partial charge on any atom is -0.493 e. The number of ether oxygens (including phenoxy) is 1. The number of hydrogen-bond acceptors (Lipinski definition) is 2. The summed E-state index contributed by atoms with van der Waals surface area (Å²) >= 11 is 0. The van der Waals surface area contributed by atoms with Crippen LogP contribution >= 0.6 is 0 Å². The van der Waals surface area contributed by atoms with E-state index in [0.717, 1.165) is 24.7 Å². The predicted molar refractivity (Wildman–Crippen MR) is 73.7 cm³/mol. The third kappa shape index (κ3) is 2.39. The Hall–Kier alpha value is -1.02. The summed E-state index contributed by atoms with van der Waals surface area (Å²) in [5.74, 6) is 2.28. The van der Waals surface area contributed by atoms with E-state index in [4.69, 9.17) is 10.5 Å². The number of nitrogens with two attached hydrogens (primary N) is 1. The average molecular weight is 245 g/mol. The second kappa shape index (κ2) is 5.31. The molecule has 0 aromatic heterocycles. The first-order valence-corrected chi connectivity index (χ1v) is 7.31. The number of para-hydroxylation sites is 1. The Morgan fingerprint density at radius 3 is 2.67 bits per heavy atom. The van der Waals surface area contributed by atoms with Gasteiger partial charge in [0.15, 0.2) is 0 Å². The van der Waals surface area contributed by atoms with Gasteiger partial charge in [0, 0.05) is 12.0 Å². The molecule has 2 N–H and O–H groups in total. The minimum atomic E-state index is 0.318. The standard InChI is InChI=1S/C16H23NO/c17-16(12-6-2-1-3-7-12)14-10-13-8-4-5-9-15(13)18-11-14/h4-5,8-9,12,14,16H,1-3,6-7,10-11,17H2. The fourth-order valence-electron chi connectivity index (χ4n) is 3.50. The molecule has 1 aliphatic heterocycles. The number of benzene rings is 1. The molecule has 2 aliphatic rings.